The molecule has 1 amide bonds. The number of halogens is 5. The maximum atomic E-state index is 12.7. The number of ketones is 1. The first kappa shape index (κ1) is 25.6. The van der Waals surface area contributed by atoms with E-state index in [1.165, 1.54) is 11.8 Å². The van der Waals surface area contributed by atoms with E-state index in [1.807, 2.05) is 12.1 Å². The third-order valence-electron chi connectivity index (χ3n) is 4.73. The number of alkyl halides is 3. The van der Waals surface area contributed by atoms with E-state index in [2.05, 4.69) is 5.32 Å². The van der Waals surface area contributed by atoms with Crippen molar-refractivity contribution in [2.45, 2.75) is 37.6 Å². The summed E-state index contributed by atoms with van der Waals surface area (Å²) in [5.41, 5.74) is 7.12. The summed E-state index contributed by atoms with van der Waals surface area (Å²) in [6.07, 6.45) is -2.22. The van der Waals surface area contributed by atoms with E-state index in [0.29, 0.717) is 22.2 Å². The van der Waals surface area contributed by atoms with Gasteiger partial charge in [-0.05, 0) is 30.2 Å². The number of nitrogens with two attached hydrogens (primary N) is 1. The SMILES string of the molecule is Cl.N[C@H]1CSC2=CC(C(=O)NCCCC(F)(F)F)=CN(Cc3ccc(Cl)cc3)C2C1=O. The lowest BCUT2D eigenvalue weighted by atomic mass is 9.98. The number of carbonyl (C=O) groups excluding carboxylic acids is 2. The topological polar surface area (TPSA) is 75.4 Å². The Morgan fingerprint density at radius 3 is 2.61 bits per heavy atom. The highest BCUT2D eigenvalue weighted by molar-refractivity contribution is 8.03. The average Bonchev–Trinajstić information content (AvgIpc) is 2.68. The van der Waals surface area contributed by atoms with Gasteiger partial charge in [-0.3, -0.25) is 9.59 Å². The number of hydrogen-bond acceptors (Lipinski definition) is 5. The van der Waals surface area contributed by atoms with E-state index in [0.717, 1.165) is 5.56 Å². The van der Waals surface area contributed by atoms with E-state index in [1.54, 1.807) is 29.3 Å². The monoisotopic (exact) mass is 495 g/mol. The molecule has 0 saturated carbocycles. The Balaban J connectivity index is 0.00000341. The molecule has 1 aromatic carbocycles. The van der Waals surface area contributed by atoms with Gasteiger partial charge < -0.3 is 16.0 Å². The van der Waals surface area contributed by atoms with Crippen LogP contribution in [0, 0.1) is 0 Å². The molecule has 0 spiro atoms. The first-order valence-corrected chi connectivity index (χ1v) is 10.7. The maximum Gasteiger partial charge on any atom is 0.389 e. The second kappa shape index (κ2) is 10.8. The molecule has 1 unspecified atom stereocenters. The zero-order valence-electron chi connectivity index (χ0n) is 16.3. The Hall–Kier alpha value is -1.68. The van der Waals surface area contributed by atoms with Crippen molar-refractivity contribution in [1.82, 2.24) is 10.2 Å². The fourth-order valence-electron chi connectivity index (χ4n) is 3.24. The molecule has 2 aliphatic heterocycles. The lowest BCUT2D eigenvalue weighted by Gasteiger charge is -2.39. The standard InChI is InChI=1S/C20H21ClF3N3O2S.ClH/c21-14-4-2-12(3-5-14)9-27-10-13(19(29)26-7-1-6-20(22,23)24)8-16-17(27)18(28)15(25)11-30-16;/h2-5,8,10,15,17H,1,6-7,9,11,25H2,(H,26,29);1H/t15-,17?;/m0./s1. The van der Waals surface area contributed by atoms with Crippen LogP contribution in [-0.2, 0) is 16.1 Å². The van der Waals surface area contributed by atoms with Crippen molar-refractivity contribution in [3.63, 3.8) is 0 Å². The zero-order valence-corrected chi connectivity index (χ0v) is 18.7. The summed E-state index contributed by atoms with van der Waals surface area (Å²) in [6, 6.07) is 5.93. The minimum absolute atomic E-state index is 0. The van der Waals surface area contributed by atoms with Crippen LogP contribution in [0.15, 0.2) is 47.0 Å². The Bertz CT molecular complexity index is 875. The smallest absolute Gasteiger partial charge is 0.358 e. The second-order valence-electron chi connectivity index (χ2n) is 7.13. The number of hydrogen-bond donors (Lipinski definition) is 2. The molecule has 0 bridgehead atoms. The molecule has 170 valence electrons. The van der Waals surface area contributed by atoms with E-state index >= 15 is 0 Å². The highest BCUT2D eigenvalue weighted by atomic mass is 35.5. The summed E-state index contributed by atoms with van der Waals surface area (Å²) < 4.78 is 36.8. The van der Waals surface area contributed by atoms with Crippen LogP contribution in [0.3, 0.4) is 0 Å². The fourth-order valence-corrected chi connectivity index (χ4v) is 4.52. The first-order chi connectivity index (χ1) is 14.1. The molecule has 31 heavy (non-hydrogen) atoms. The van der Waals surface area contributed by atoms with Gasteiger partial charge in [0.2, 0.25) is 0 Å². The first-order valence-electron chi connectivity index (χ1n) is 9.35. The summed E-state index contributed by atoms with van der Waals surface area (Å²) in [5, 5.41) is 3.10. The van der Waals surface area contributed by atoms with Gasteiger partial charge in [-0.15, -0.1) is 24.2 Å². The van der Waals surface area contributed by atoms with E-state index in [-0.39, 0.29) is 36.7 Å². The van der Waals surface area contributed by atoms with Crippen molar-refractivity contribution in [1.29, 1.82) is 0 Å². The molecule has 2 heterocycles. The van der Waals surface area contributed by atoms with Crippen LogP contribution >= 0.6 is 35.8 Å². The minimum Gasteiger partial charge on any atom is -0.358 e. The van der Waals surface area contributed by atoms with Gasteiger partial charge in [0.15, 0.2) is 5.78 Å². The number of thioether (sulfide) groups is 1. The third kappa shape index (κ3) is 6.90. The van der Waals surface area contributed by atoms with Crippen LogP contribution in [0.1, 0.15) is 18.4 Å². The molecular weight excluding hydrogens is 474 g/mol. The van der Waals surface area contributed by atoms with Crippen molar-refractivity contribution in [3.05, 3.63) is 57.6 Å². The summed E-state index contributed by atoms with van der Waals surface area (Å²) in [7, 11) is 0. The van der Waals surface area contributed by atoms with Gasteiger partial charge in [0.25, 0.3) is 5.91 Å². The minimum atomic E-state index is -4.25. The van der Waals surface area contributed by atoms with E-state index in [4.69, 9.17) is 17.3 Å². The van der Waals surface area contributed by atoms with Crippen molar-refractivity contribution in [3.8, 4) is 0 Å². The molecule has 1 fully saturated rings. The maximum absolute atomic E-state index is 12.7. The molecule has 0 aromatic heterocycles. The van der Waals surface area contributed by atoms with Crippen LogP contribution in [0.5, 0.6) is 0 Å². The Kier molecular flexibility index (Phi) is 8.88. The molecule has 0 aliphatic carbocycles. The van der Waals surface area contributed by atoms with Gasteiger partial charge in [0.05, 0.1) is 11.6 Å². The number of nitrogens with one attached hydrogen (secondary N) is 1. The molecule has 1 saturated heterocycles. The molecule has 3 rings (SSSR count). The van der Waals surface area contributed by atoms with E-state index < -0.39 is 30.6 Å². The van der Waals surface area contributed by atoms with Crippen molar-refractivity contribution in [2.24, 2.45) is 5.73 Å². The zero-order chi connectivity index (χ0) is 21.9. The Morgan fingerprint density at radius 1 is 1.29 bits per heavy atom. The summed E-state index contributed by atoms with van der Waals surface area (Å²) in [5.74, 6) is -0.196. The van der Waals surface area contributed by atoms with Crippen LogP contribution in [0.25, 0.3) is 0 Å². The molecule has 5 nitrogen and oxygen atoms in total. The van der Waals surface area contributed by atoms with Gasteiger partial charge in [-0.25, -0.2) is 0 Å². The van der Waals surface area contributed by atoms with Crippen molar-refractivity contribution < 1.29 is 22.8 Å². The number of fused-ring (bicyclic) bond motifs is 1. The van der Waals surface area contributed by atoms with Crippen LogP contribution in [0.2, 0.25) is 5.02 Å². The number of rotatable bonds is 6. The molecule has 2 aliphatic rings. The Labute approximate surface area is 193 Å². The second-order valence-corrected chi connectivity index (χ2v) is 8.66. The lowest BCUT2D eigenvalue weighted by molar-refractivity contribution is -0.136. The van der Waals surface area contributed by atoms with Gasteiger partial charge >= 0.3 is 6.18 Å². The Morgan fingerprint density at radius 2 is 1.97 bits per heavy atom. The molecule has 2 atom stereocenters. The van der Waals surface area contributed by atoms with Crippen molar-refractivity contribution >= 4 is 47.5 Å². The molecular formula is C20H22Cl2F3N3O2S. The average molecular weight is 496 g/mol. The van der Waals surface area contributed by atoms with Crippen molar-refractivity contribution in [2.75, 3.05) is 12.3 Å². The number of amides is 1. The van der Waals surface area contributed by atoms with E-state index in [9.17, 15) is 22.8 Å². The fraction of sp³-hybridized carbons (Fsp3) is 0.400. The summed E-state index contributed by atoms with van der Waals surface area (Å²) in [6.45, 7) is 0.263. The molecule has 1 aromatic rings. The highest BCUT2D eigenvalue weighted by Crippen LogP contribution is 2.35. The van der Waals surface area contributed by atoms with Gasteiger partial charge in [-0.1, -0.05) is 23.7 Å². The van der Waals surface area contributed by atoms with Gasteiger partial charge in [0.1, 0.15) is 6.04 Å². The van der Waals surface area contributed by atoms with Crippen LogP contribution in [0.4, 0.5) is 13.2 Å². The predicted octanol–water partition coefficient (Wildman–Crippen LogP) is 3.82. The van der Waals surface area contributed by atoms with Crippen LogP contribution in [-0.4, -0.2) is 47.1 Å². The quantitative estimate of drug-likeness (QED) is 0.586. The summed E-state index contributed by atoms with van der Waals surface area (Å²) in [4.78, 5) is 27.7. The number of benzene rings is 1. The normalized spacial score (nSPS) is 20.9. The largest absolute Gasteiger partial charge is 0.389 e. The molecule has 0 radical (unpaired) electrons. The molecule has 3 N–H and O–H groups in total. The summed E-state index contributed by atoms with van der Waals surface area (Å²) >= 11 is 7.34. The third-order valence-corrected chi connectivity index (χ3v) is 6.18. The van der Waals surface area contributed by atoms with Gasteiger partial charge in [-0.2, -0.15) is 13.2 Å². The number of carbonyl (C=O) groups is 2. The highest BCUT2D eigenvalue weighted by Gasteiger charge is 2.39. The van der Waals surface area contributed by atoms with Gasteiger partial charge in [0, 0.05) is 41.4 Å². The predicted molar refractivity (Wildman–Crippen MR) is 118 cm³/mol. The lowest BCUT2D eigenvalue weighted by Crippen LogP contribution is -2.52. The van der Waals surface area contributed by atoms with Crippen LogP contribution < -0.4 is 11.1 Å². The number of nitrogens with zero attached hydrogens (tertiary/aromatic N) is 1. The molecule has 11 heteroatoms. The number of Topliss-reactive ketones (excluding diaryl/α,β-unsaturated/α-hetero) is 1.